The van der Waals surface area contributed by atoms with Crippen LogP contribution >= 0.6 is 11.6 Å². The molecule has 0 aliphatic carbocycles. The predicted octanol–water partition coefficient (Wildman–Crippen LogP) is 2.35. The summed E-state index contributed by atoms with van der Waals surface area (Å²) in [6, 6.07) is 7.21. The van der Waals surface area contributed by atoms with E-state index < -0.39 is 5.97 Å². The summed E-state index contributed by atoms with van der Waals surface area (Å²) in [5.74, 6) is -1.13. The second kappa shape index (κ2) is 5.09. The zero-order chi connectivity index (χ0) is 14.3. The third-order valence-corrected chi connectivity index (χ3v) is 4.66. The molecular formula is C15H16ClNO3. The zero-order valence-corrected chi connectivity index (χ0v) is 11.7. The monoisotopic (exact) mass is 293 g/mol. The summed E-state index contributed by atoms with van der Waals surface area (Å²) < 4.78 is 0. The van der Waals surface area contributed by atoms with Crippen molar-refractivity contribution in [2.24, 2.45) is 5.92 Å². The highest BCUT2D eigenvalue weighted by molar-refractivity contribution is 6.30. The normalized spacial score (nSPS) is 27.9. The number of rotatable bonds is 3. The number of amides is 1. The van der Waals surface area contributed by atoms with Crippen molar-refractivity contribution in [3.63, 3.8) is 0 Å². The molecule has 3 rings (SSSR count). The first kappa shape index (κ1) is 13.4. The lowest BCUT2D eigenvalue weighted by Crippen LogP contribution is -2.38. The summed E-state index contributed by atoms with van der Waals surface area (Å²) in [6.45, 7) is 0. The molecule has 2 heterocycles. The third kappa shape index (κ3) is 2.29. The molecule has 2 aliphatic heterocycles. The van der Waals surface area contributed by atoms with E-state index in [0.717, 1.165) is 18.4 Å². The molecule has 1 aromatic carbocycles. The molecule has 3 atom stereocenters. The minimum atomic E-state index is -0.776. The summed E-state index contributed by atoms with van der Waals surface area (Å²) in [7, 11) is 0. The van der Waals surface area contributed by atoms with Crippen molar-refractivity contribution in [3.8, 4) is 0 Å². The number of benzene rings is 1. The SMILES string of the molecule is O=C(O)C1CC2CCC1N2C(=O)Cc1ccc(Cl)cc1. The summed E-state index contributed by atoms with van der Waals surface area (Å²) >= 11 is 5.83. The van der Waals surface area contributed by atoms with Gasteiger partial charge in [0, 0.05) is 17.1 Å². The Labute approximate surface area is 122 Å². The van der Waals surface area contributed by atoms with E-state index in [1.165, 1.54) is 0 Å². The quantitative estimate of drug-likeness (QED) is 0.930. The molecule has 2 saturated heterocycles. The van der Waals surface area contributed by atoms with Crippen LogP contribution in [-0.2, 0) is 16.0 Å². The molecule has 0 saturated carbocycles. The van der Waals surface area contributed by atoms with Crippen LogP contribution in [0.3, 0.4) is 0 Å². The number of hydrogen-bond acceptors (Lipinski definition) is 2. The fourth-order valence-corrected chi connectivity index (χ4v) is 3.64. The standard InChI is InChI=1S/C15H16ClNO3/c16-10-3-1-9(2-4-10)7-14(18)17-11-5-6-13(17)12(8-11)15(19)20/h1-4,11-13H,5-8H2,(H,19,20). The van der Waals surface area contributed by atoms with E-state index in [2.05, 4.69) is 0 Å². The molecular weight excluding hydrogens is 278 g/mol. The van der Waals surface area contributed by atoms with Crippen LogP contribution in [-0.4, -0.2) is 34.0 Å². The first-order chi connectivity index (χ1) is 9.56. The molecule has 1 aromatic rings. The van der Waals surface area contributed by atoms with E-state index in [4.69, 9.17) is 11.6 Å². The fourth-order valence-electron chi connectivity index (χ4n) is 3.51. The van der Waals surface area contributed by atoms with Crippen molar-refractivity contribution in [1.29, 1.82) is 0 Å². The van der Waals surface area contributed by atoms with Gasteiger partial charge in [0.15, 0.2) is 0 Å². The van der Waals surface area contributed by atoms with Crippen LogP contribution in [0.2, 0.25) is 5.02 Å². The first-order valence-corrected chi connectivity index (χ1v) is 7.22. The molecule has 1 N–H and O–H groups in total. The minimum absolute atomic E-state index is 0.0311. The van der Waals surface area contributed by atoms with E-state index in [-0.39, 0.29) is 23.9 Å². The van der Waals surface area contributed by atoms with E-state index in [1.807, 2.05) is 17.0 Å². The number of halogens is 1. The fraction of sp³-hybridized carbons (Fsp3) is 0.467. The Morgan fingerprint density at radius 1 is 1.25 bits per heavy atom. The van der Waals surface area contributed by atoms with Crippen molar-refractivity contribution in [2.75, 3.05) is 0 Å². The van der Waals surface area contributed by atoms with E-state index in [9.17, 15) is 14.7 Å². The van der Waals surface area contributed by atoms with Crippen molar-refractivity contribution in [3.05, 3.63) is 34.9 Å². The molecule has 2 aliphatic rings. The average molecular weight is 294 g/mol. The zero-order valence-electron chi connectivity index (χ0n) is 11.0. The van der Waals surface area contributed by atoms with Gasteiger partial charge in [-0.15, -0.1) is 0 Å². The number of carbonyl (C=O) groups is 2. The van der Waals surface area contributed by atoms with E-state index in [0.29, 0.717) is 17.9 Å². The topological polar surface area (TPSA) is 57.6 Å². The number of hydrogen-bond donors (Lipinski definition) is 1. The van der Waals surface area contributed by atoms with Gasteiger partial charge in [-0.2, -0.15) is 0 Å². The van der Waals surface area contributed by atoms with Gasteiger partial charge < -0.3 is 10.0 Å². The highest BCUT2D eigenvalue weighted by atomic mass is 35.5. The van der Waals surface area contributed by atoms with Crippen LogP contribution in [0.1, 0.15) is 24.8 Å². The van der Waals surface area contributed by atoms with E-state index >= 15 is 0 Å². The maximum absolute atomic E-state index is 12.4. The Bertz CT molecular complexity index is 543. The highest BCUT2D eigenvalue weighted by Crippen LogP contribution is 2.42. The van der Waals surface area contributed by atoms with Crippen molar-refractivity contribution < 1.29 is 14.7 Å². The number of carbonyl (C=O) groups excluding carboxylic acids is 1. The summed E-state index contributed by atoms with van der Waals surface area (Å²) in [5.41, 5.74) is 0.914. The summed E-state index contributed by atoms with van der Waals surface area (Å²) in [4.78, 5) is 25.4. The molecule has 20 heavy (non-hydrogen) atoms. The lowest BCUT2D eigenvalue weighted by atomic mass is 9.89. The van der Waals surface area contributed by atoms with Crippen LogP contribution < -0.4 is 0 Å². The van der Waals surface area contributed by atoms with Crippen LogP contribution in [0.25, 0.3) is 0 Å². The third-order valence-electron chi connectivity index (χ3n) is 4.41. The lowest BCUT2D eigenvalue weighted by Gasteiger charge is -2.23. The molecule has 0 spiro atoms. The molecule has 2 bridgehead atoms. The van der Waals surface area contributed by atoms with Gasteiger partial charge in [-0.1, -0.05) is 23.7 Å². The Morgan fingerprint density at radius 2 is 1.95 bits per heavy atom. The largest absolute Gasteiger partial charge is 0.481 e. The van der Waals surface area contributed by atoms with Crippen molar-refractivity contribution in [2.45, 2.75) is 37.8 Å². The highest BCUT2D eigenvalue weighted by Gasteiger charge is 2.50. The van der Waals surface area contributed by atoms with Crippen LogP contribution in [0.4, 0.5) is 0 Å². The molecule has 1 amide bonds. The Balaban J connectivity index is 1.72. The number of carboxylic acids is 1. The van der Waals surface area contributed by atoms with Gasteiger partial charge in [-0.25, -0.2) is 0 Å². The van der Waals surface area contributed by atoms with Crippen LogP contribution in [0.15, 0.2) is 24.3 Å². The van der Waals surface area contributed by atoms with E-state index in [1.54, 1.807) is 12.1 Å². The summed E-state index contributed by atoms with van der Waals surface area (Å²) in [5, 5.41) is 9.85. The molecule has 3 unspecified atom stereocenters. The number of aliphatic carboxylic acids is 1. The van der Waals surface area contributed by atoms with Gasteiger partial charge in [0.25, 0.3) is 0 Å². The average Bonchev–Trinajstić information content (AvgIpc) is 2.99. The molecule has 0 aromatic heterocycles. The molecule has 2 fully saturated rings. The van der Waals surface area contributed by atoms with Gasteiger partial charge >= 0.3 is 5.97 Å². The minimum Gasteiger partial charge on any atom is -0.481 e. The van der Waals surface area contributed by atoms with Gasteiger partial charge in [-0.3, -0.25) is 9.59 Å². The number of nitrogens with zero attached hydrogens (tertiary/aromatic N) is 1. The van der Waals surface area contributed by atoms with Crippen LogP contribution in [0.5, 0.6) is 0 Å². The van der Waals surface area contributed by atoms with Crippen molar-refractivity contribution in [1.82, 2.24) is 4.90 Å². The van der Waals surface area contributed by atoms with Gasteiger partial charge in [-0.05, 0) is 37.0 Å². The van der Waals surface area contributed by atoms with Crippen LogP contribution in [0, 0.1) is 5.92 Å². The maximum atomic E-state index is 12.4. The molecule has 4 nitrogen and oxygen atoms in total. The van der Waals surface area contributed by atoms with Crippen molar-refractivity contribution >= 4 is 23.5 Å². The summed E-state index contributed by atoms with van der Waals surface area (Å²) in [6.07, 6.45) is 2.66. The molecule has 0 radical (unpaired) electrons. The smallest absolute Gasteiger partial charge is 0.308 e. The maximum Gasteiger partial charge on any atom is 0.308 e. The first-order valence-electron chi connectivity index (χ1n) is 6.84. The molecule has 106 valence electrons. The Hall–Kier alpha value is -1.55. The lowest BCUT2D eigenvalue weighted by molar-refractivity contribution is -0.143. The number of fused-ring (bicyclic) bond motifs is 2. The van der Waals surface area contributed by atoms with Gasteiger partial charge in [0.1, 0.15) is 0 Å². The Kier molecular flexibility index (Phi) is 3.42. The Morgan fingerprint density at radius 3 is 2.55 bits per heavy atom. The second-order valence-electron chi connectivity index (χ2n) is 5.58. The predicted molar refractivity (Wildman–Crippen MR) is 74.6 cm³/mol. The van der Waals surface area contributed by atoms with Gasteiger partial charge in [0.05, 0.1) is 12.3 Å². The number of carboxylic acid groups (broad SMARTS) is 1. The van der Waals surface area contributed by atoms with Gasteiger partial charge in [0.2, 0.25) is 5.91 Å². The molecule has 5 heteroatoms. The second-order valence-corrected chi connectivity index (χ2v) is 6.02.